The molecule has 0 aromatic heterocycles. The van der Waals surface area contributed by atoms with Gasteiger partial charge in [-0.25, -0.2) is 0 Å². The van der Waals surface area contributed by atoms with E-state index in [1.807, 2.05) is 6.07 Å². The summed E-state index contributed by atoms with van der Waals surface area (Å²) in [6, 6.07) is 6.27. The van der Waals surface area contributed by atoms with Gasteiger partial charge in [-0.1, -0.05) is 19.9 Å². The highest BCUT2D eigenvalue weighted by Crippen LogP contribution is 2.54. The molecule has 2 rings (SSSR count). The van der Waals surface area contributed by atoms with E-state index in [2.05, 4.69) is 31.3 Å². The second kappa shape index (κ2) is 6.49. The maximum atomic E-state index is 5.38. The van der Waals surface area contributed by atoms with E-state index in [0.717, 1.165) is 36.9 Å². The molecule has 2 unspecified atom stereocenters. The molecule has 20 heavy (non-hydrogen) atoms. The van der Waals surface area contributed by atoms with Gasteiger partial charge in [0.15, 0.2) is 11.5 Å². The molecule has 1 aliphatic rings. The Hall–Kier alpha value is -1.22. The lowest BCUT2D eigenvalue weighted by Gasteiger charge is -2.14. The SMILES string of the molecule is CCCNCC1CC1(C)Cc1ccc(OC)c(OC)c1. The van der Waals surface area contributed by atoms with Crippen LogP contribution in [0.5, 0.6) is 11.5 Å². The summed E-state index contributed by atoms with van der Waals surface area (Å²) < 4.78 is 10.7. The summed E-state index contributed by atoms with van der Waals surface area (Å²) >= 11 is 0. The zero-order valence-corrected chi connectivity index (χ0v) is 13.2. The molecule has 0 aliphatic heterocycles. The lowest BCUT2D eigenvalue weighted by molar-refractivity contribution is 0.354. The molecule has 0 amide bonds. The summed E-state index contributed by atoms with van der Waals surface area (Å²) in [4.78, 5) is 0. The van der Waals surface area contributed by atoms with Crippen molar-refractivity contribution in [1.29, 1.82) is 0 Å². The highest BCUT2D eigenvalue weighted by molar-refractivity contribution is 5.43. The monoisotopic (exact) mass is 277 g/mol. The summed E-state index contributed by atoms with van der Waals surface area (Å²) in [5, 5.41) is 3.53. The standard InChI is InChI=1S/C17H27NO2/c1-5-8-18-12-14-11-17(14,2)10-13-6-7-15(19-3)16(9-13)20-4/h6-7,9,14,18H,5,8,10-12H2,1-4H3. The molecule has 0 bridgehead atoms. The van der Waals surface area contributed by atoms with Crippen molar-refractivity contribution in [2.75, 3.05) is 27.3 Å². The molecule has 0 radical (unpaired) electrons. The fourth-order valence-corrected chi connectivity index (χ4v) is 2.95. The second-order valence-corrected chi connectivity index (χ2v) is 6.13. The first-order valence-electron chi connectivity index (χ1n) is 7.54. The van der Waals surface area contributed by atoms with Crippen molar-refractivity contribution in [3.05, 3.63) is 23.8 Å². The first-order valence-corrected chi connectivity index (χ1v) is 7.54. The van der Waals surface area contributed by atoms with E-state index in [-0.39, 0.29) is 0 Å². The van der Waals surface area contributed by atoms with Gasteiger partial charge in [-0.05, 0) is 61.4 Å². The van der Waals surface area contributed by atoms with Crippen LogP contribution in [0.1, 0.15) is 32.3 Å². The zero-order chi connectivity index (χ0) is 14.6. The topological polar surface area (TPSA) is 30.5 Å². The maximum absolute atomic E-state index is 5.38. The number of hydrogen-bond acceptors (Lipinski definition) is 3. The van der Waals surface area contributed by atoms with E-state index in [1.165, 1.54) is 18.4 Å². The molecule has 0 heterocycles. The number of benzene rings is 1. The Morgan fingerprint density at radius 3 is 2.65 bits per heavy atom. The van der Waals surface area contributed by atoms with E-state index in [0.29, 0.717) is 5.41 Å². The van der Waals surface area contributed by atoms with Gasteiger partial charge < -0.3 is 14.8 Å². The molecule has 1 N–H and O–H groups in total. The smallest absolute Gasteiger partial charge is 0.160 e. The van der Waals surface area contributed by atoms with Gasteiger partial charge in [0.25, 0.3) is 0 Å². The van der Waals surface area contributed by atoms with E-state index < -0.39 is 0 Å². The molecule has 1 saturated carbocycles. The van der Waals surface area contributed by atoms with Crippen molar-refractivity contribution in [1.82, 2.24) is 5.32 Å². The first kappa shape index (κ1) is 15.2. The Bertz CT molecular complexity index is 447. The minimum atomic E-state index is 0.445. The third-order valence-corrected chi connectivity index (χ3v) is 4.41. The van der Waals surface area contributed by atoms with Crippen LogP contribution < -0.4 is 14.8 Å². The molecule has 112 valence electrons. The summed E-state index contributed by atoms with van der Waals surface area (Å²) in [7, 11) is 3.37. The summed E-state index contributed by atoms with van der Waals surface area (Å²) in [5.74, 6) is 2.44. The molecule has 3 nitrogen and oxygen atoms in total. The molecule has 3 heteroatoms. The van der Waals surface area contributed by atoms with Crippen LogP contribution in [0.3, 0.4) is 0 Å². The normalized spacial score (nSPS) is 24.5. The van der Waals surface area contributed by atoms with Gasteiger partial charge >= 0.3 is 0 Å². The highest BCUT2D eigenvalue weighted by Gasteiger charge is 2.48. The molecule has 1 fully saturated rings. The maximum Gasteiger partial charge on any atom is 0.160 e. The quantitative estimate of drug-likeness (QED) is 0.740. The van der Waals surface area contributed by atoms with Crippen LogP contribution in [0.4, 0.5) is 0 Å². The van der Waals surface area contributed by atoms with Crippen LogP contribution in [-0.4, -0.2) is 27.3 Å². The molecule has 0 spiro atoms. The Balaban J connectivity index is 1.94. The number of rotatable bonds is 8. The van der Waals surface area contributed by atoms with E-state index in [9.17, 15) is 0 Å². The zero-order valence-electron chi connectivity index (χ0n) is 13.2. The summed E-state index contributed by atoms with van der Waals surface area (Å²) in [6.45, 7) is 6.88. The average Bonchev–Trinajstić information content (AvgIpc) is 3.09. The van der Waals surface area contributed by atoms with E-state index in [1.54, 1.807) is 14.2 Å². The fourth-order valence-electron chi connectivity index (χ4n) is 2.95. The van der Waals surface area contributed by atoms with Gasteiger partial charge in [0.1, 0.15) is 0 Å². The predicted octanol–water partition coefficient (Wildman–Crippen LogP) is 3.27. The van der Waals surface area contributed by atoms with Crippen LogP contribution in [0.2, 0.25) is 0 Å². The highest BCUT2D eigenvalue weighted by atomic mass is 16.5. The summed E-state index contributed by atoms with van der Waals surface area (Å²) in [5.41, 5.74) is 1.78. The lowest BCUT2D eigenvalue weighted by atomic mass is 9.95. The molecule has 1 aromatic carbocycles. The second-order valence-electron chi connectivity index (χ2n) is 6.13. The Kier molecular flexibility index (Phi) is 4.92. The third-order valence-electron chi connectivity index (χ3n) is 4.41. The van der Waals surface area contributed by atoms with Gasteiger partial charge in [0, 0.05) is 0 Å². The first-order chi connectivity index (χ1) is 9.62. The Morgan fingerprint density at radius 2 is 2.00 bits per heavy atom. The number of ether oxygens (including phenoxy) is 2. The number of methoxy groups -OCH3 is 2. The van der Waals surface area contributed by atoms with Crippen LogP contribution in [0, 0.1) is 11.3 Å². The van der Waals surface area contributed by atoms with Crippen molar-refractivity contribution in [3.8, 4) is 11.5 Å². The molecular formula is C17H27NO2. The van der Waals surface area contributed by atoms with Gasteiger partial charge in [-0.15, -0.1) is 0 Å². The third kappa shape index (κ3) is 3.45. The van der Waals surface area contributed by atoms with Crippen LogP contribution in [0.25, 0.3) is 0 Å². The van der Waals surface area contributed by atoms with Crippen LogP contribution in [0.15, 0.2) is 18.2 Å². The van der Waals surface area contributed by atoms with Crippen LogP contribution >= 0.6 is 0 Å². The number of hydrogen-bond donors (Lipinski definition) is 1. The van der Waals surface area contributed by atoms with Crippen molar-refractivity contribution in [3.63, 3.8) is 0 Å². The van der Waals surface area contributed by atoms with Crippen molar-refractivity contribution in [2.45, 2.75) is 33.1 Å². The molecule has 1 aliphatic carbocycles. The van der Waals surface area contributed by atoms with E-state index >= 15 is 0 Å². The van der Waals surface area contributed by atoms with Crippen molar-refractivity contribution >= 4 is 0 Å². The molecular weight excluding hydrogens is 250 g/mol. The van der Waals surface area contributed by atoms with Crippen molar-refractivity contribution < 1.29 is 9.47 Å². The Morgan fingerprint density at radius 1 is 1.25 bits per heavy atom. The lowest BCUT2D eigenvalue weighted by Crippen LogP contribution is -2.20. The predicted molar refractivity (Wildman–Crippen MR) is 82.6 cm³/mol. The van der Waals surface area contributed by atoms with Gasteiger partial charge in [-0.2, -0.15) is 0 Å². The Labute approximate surface area is 122 Å². The van der Waals surface area contributed by atoms with E-state index in [4.69, 9.17) is 9.47 Å². The van der Waals surface area contributed by atoms with Gasteiger partial charge in [0.05, 0.1) is 14.2 Å². The molecule has 2 atom stereocenters. The minimum absolute atomic E-state index is 0.445. The summed E-state index contributed by atoms with van der Waals surface area (Å²) in [6.07, 6.45) is 3.64. The van der Waals surface area contributed by atoms with Crippen LogP contribution in [-0.2, 0) is 6.42 Å². The minimum Gasteiger partial charge on any atom is -0.493 e. The fraction of sp³-hybridized carbons (Fsp3) is 0.647. The van der Waals surface area contributed by atoms with Gasteiger partial charge in [0.2, 0.25) is 0 Å². The molecule has 0 saturated heterocycles. The molecule has 1 aromatic rings. The average molecular weight is 277 g/mol. The van der Waals surface area contributed by atoms with Crippen molar-refractivity contribution in [2.24, 2.45) is 11.3 Å². The van der Waals surface area contributed by atoms with Gasteiger partial charge in [-0.3, -0.25) is 0 Å². The number of nitrogens with one attached hydrogen (secondary N) is 1. The largest absolute Gasteiger partial charge is 0.493 e.